The van der Waals surface area contributed by atoms with Crippen molar-refractivity contribution in [2.75, 3.05) is 23.3 Å². The molecule has 0 spiro atoms. The Labute approximate surface area is 147 Å². The maximum Gasteiger partial charge on any atom is 0.274 e. The largest absolute Gasteiger partial charge is 0.341 e. The van der Waals surface area contributed by atoms with Crippen molar-refractivity contribution in [1.82, 2.24) is 9.97 Å². The summed E-state index contributed by atoms with van der Waals surface area (Å²) in [5.41, 5.74) is 1.57. The molecule has 0 bridgehead atoms. The number of hydrogen-bond donors (Lipinski definition) is 1. The fraction of sp³-hybridized carbons (Fsp3) is 0.368. The molecule has 6 nitrogen and oxygen atoms in total. The first-order valence-corrected chi connectivity index (χ1v) is 8.53. The van der Waals surface area contributed by atoms with Gasteiger partial charge in [-0.15, -0.1) is 0 Å². The van der Waals surface area contributed by atoms with Crippen molar-refractivity contribution in [3.05, 3.63) is 47.8 Å². The van der Waals surface area contributed by atoms with Gasteiger partial charge in [0.1, 0.15) is 5.69 Å². The van der Waals surface area contributed by atoms with E-state index in [1.807, 2.05) is 0 Å². The van der Waals surface area contributed by atoms with Gasteiger partial charge in [-0.2, -0.15) is 0 Å². The van der Waals surface area contributed by atoms with E-state index in [0.717, 1.165) is 19.5 Å². The van der Waals surface area contributed by atoms with Crippen molar-refractivity contribution >= 4 is 23.3 Å². The molecule has 0 saturated carbocycles. The highest BCUT2D eigenvalue weighted by atomic mass is 16.2. The maximum atomic E-state index is 12.4. The maximum absolute atomic E-state index is 12.4. The van der Waals surface area contributed by atoms with Crippen molar-refractivity contribution in [1.29, 1.82) is 0 Å². The lowest BCUT2D eigenvalue weighted by Crippen LogP contribution is -2.35. The van der Waals surface area contributed by atoms with Gasteiger partial charge in [0.15, 0.2) is 5.78 Å². The highest BCUT2D eigenvalue weighted by Crippen LogP contribution is 2.20. The highest BCUT2D eigenvalue weighted by Gasteiger charge is 2.19. The number of carbonyl (C=O) groups is 2. The Hall–Kier alpha value is -2.76. The first-order chi connectivity index (χ1) is 12.0. The number of amides is 1. The lowest BCUT2D eigenvalue weighted by molar-refractivity contribution is 0.101. The molecule has 1 aliphatic rings. The molecule has 1 fully saturated rings. The van der Waals surface area contributed by atoms with Crippen LogP contribution in [-0.4, -0.2) is 34.7 Å². The molecule has 0 aliphatic carbocycles. The average Bonchev–Trinajstić information content (AvgIpc) is 2.62. The Bertz CT molecular complexity index is 773. The smallest absolute Gasteiger partial charge is 0.274 e. The van der Waals surface area contributed by atoms with Gasteiger partial charge in [0.25, 0.3) is 5.91 Å². The van der Waals surface area contributed by atoms with Crippen LogP contribution in [0.5, 0.6) is 0 Å². The number of aromatic nitrogens is 2. The summed E-state index contributed by atoms with van der Waals surface area (Å²) in [6.45, 7) is 5.56. The Kier molecular flexibility index (Phi) is 5.07. The molecule has 0 radical (unpaired) electrons. The lowest BCUT2D eigenvalue weighted by atomic mass is 10.0. The van der Waals surface area contributed by atoms with Gasteiger partial charge in [-0.05, 0) is 56.0 Å². The number of piperidine rings is 1. The fourth-order valence-electron chi connectivity index (χ4n) is 2.98. The van der Waals surface area contributed by atoms with E-state index in [-0.39, 0.29) is 11.7 Å². The summed E-state index contributed by atoms with van der Waals surface area (Å²) in [4.78, 5) is 34.6. The number of hydrogen-bond acceptors (Lipinski definition) is 5. The number of rotatable bonds is 4. The summed E-state index contributed by atoms with van der Waals surface area (Å²) in [5, 5.41) is 2.80. The van der Waals surface area contributed by atoms with Crippen LogP contribution < -0.4 is 10.2 Å². The summed E-state index contributed by atoms with van der Waals surface area (Å²) in [6, 6.07) is 8.42. The second-order valence-electron chi connectivity index (χ2n) is 6.52. The number of Topliss-reactive ketones (excluding diaryl/α,β-unsaturated/α-hetero) is 1. The van der Waals surface area contributed by atoms with Gasteiger partial charge in [0.05, 0.1) is 0 Å². The molecule has 3 rings (SSSR count). The van der Waals surface area contributed by atoms with E-state index in [1.165, 1.54) is 13.3 Å². The molecular weight excluding hydrogens is 316 g/mol. The van der Waals surface area contributed by atoms with E-state index in [4.69, 9.17) is 0 Å². The standard InChI is InChI=1S/C19H22N4O2/c1-13-4-3-11-23(12-13)19-20-10-9-17(22-19)18(25)21-16-7-5-15(6-8-16)14(2)24/h5-10,13H,3-4,11-12H2,1-2H3,(H,21,25). The topological polar surface area (TPSA) is 75.2 Å². The van der Waals surface area contributed by atoms with Crippen LogP contribution in [-0.2, 0) is 0 Å². The van der Waals surface area contributed by atoms with Crippen molar-refractivity contribution in [2.45, 2.75) is 26.7 Å². The number of nitrogens with one attached hydrogen (secondary N) is 1. The summed E-state index contributed by atoms with van der Waals surface area (Å²) in [5.74, 6) is 0.916. The number of carbonyl (C=O) groups excluding carboxylic acids is 2. The van der Waals surface area contributed by atoms with Gasteiger partial charge >= 0.3 is 0 Å². The Balaban J connectivity index is 1.71. The molecule has 1 aromatic carbocycles. The molecule has 6 heteroatoms. The predicted molar refractivity (Wildman–Crippen MR) is 97.0 cm³/mol. The van der Waals surface area contributed by atoms with Crippen LogP contribution in [0, 0.1) is 5.92 Å². The Morgan fingerprint density at radius 2 is 1.96 bits per heavy atom. The molecule has 1 atom stereocenters. The third-order valence-electron chi connectivity index (χ3n) is 4.36. The number of anilines is 2. The van der Waals surface area contributed by atoms with Gasteiger partial charge in [-0.25, -0.2) is 9.97 Å². The minimum absolute atomic E-state index is 0.00548. The van der Waals surface area contributed by atoms with Gasteiger partial charge < -0.3 is 10.2 Å². The molecule has 1 aliphatic heterocycles. The number of ketones is 1. The summed E-state index contributed by atoms with van der Waals surface area (Å²) in [7, 11) is 0. The molecule has 130 valence electrons. The molecule has 25 heavy (non-hydrogen) atoms. The SMILES string of the molecule is CC(=O)c1ccc(NC(=O)c2ccnc(N3CCCC(C)C3)n2)cc1. The fourth-order valence-corrected chi connectivity index (χ4v) is 2.98. The van der Waals surface area contributed by atoms with Gasteiger partial charge in [0.2, 0.25) is 5.95 Å². The zero-order valence-corrected chi connectivity index (χ0v) is 14.5. The molecule has 1 amide bonds. The van der Waals surface area contributed by atoms with E-state index < -0.39 is 0 Å². The zero-order valence-electron chi connectivity index (χ0n) is 14.5. The van der Waals surface area contributed by atoms with E-state index in [0.29, 0.717) is 28.8 Å². The second kappa shape index (κ2) is 7.42. The van der Waals surface area contributed by atoms with Crippen LogP contribution in [0.2, 0.25) is 0 Å². The van der Waals surface area contributed by atoms with Crippen molar-refractivity contribution in [2.24, 2.45) is 5.92 Å². The van der Waals surface area contributed by atoms with Gasteiger partial charge in [-0.3, -0.25) is 9.59 Å². The van der Waals surface area contributed by atoms with E-state index in [9.17, 15) is 9.59 Å². The van der Waals surface area contributed by atoms with Crippen molar-refractivity contribution in [3.63, 3.8) is 0 Å². The minimum atomic E-state index is -0.288. The van der Waals surface area contributed by atoms with Crippen molar-refractivity contribution in [3.8, 4) is 0 Å². The quantitative estimate of drug-likeness (QED) is 0.867. The monoisotopic (exact) mass is 338 g/mol. The van der Waals surface area contributed by atoms with Crippen LogP contribution >= 0.6 is 0 Å². The number of benzene rings is 1. The van der Waals surface area contributed by atoms with Crippen LogP contribution in [0.15, 0.2) is 36.5 Å². The third-order valence-corrected chi connectivity index (χ3v) is 4.36. The zero-order chi connectivity index (χ0) is 17.8. The molecule has 1 saturated heterocycles. The van der Waals surface area contributed by atoms with E-state index in [1.54, 1.807) is 36.5 Å². The second-order valence-corrected chi connectivity index (χ2v) is 6.52. The molecule has 2 aromatic rings. The average molecular weight is 338 g/mol. The normalized spacial score (nSPS) is 17.2. The first kappa shape index (κ1) is 17.1. The Morgan fingerprint density at radius 1 is 1.20 bits per heavy atom. The molecule has 1 N–H and O–H groups in total. The lowest BCUT2D eigenvalue weighted by Gasteiger charge is -2.30. The highest BCUT2D eigenvalue weighted by molar-refractivity contribution is 6.03. The number of nitrogens with zero attached hydrogens (tertiary/aromatic N) is 3. The minimum Gasteiger partial charge on any atom is -0.341 e. The molecule has 1 unspecified atom stereocenters. The van der Waals surface area contributed by atoms with E-state index in [2.05, 4.69) is 27.1 Å². The summed E-state index contributed by atoms with van der Waals surface area (Å²) < 4.78 is 0. The Morgan fingerprint density at radius 3 is 2.64 bits per heavy atom. The van der Waals surface area contributed by atoms with Crippen LogP contribution in [0.1, 0.15) is 47.5 Å². The molecule has 2 heterocycles. The molecule has 1 aromatic heterocycles. The van der Waals surface area contributed by atoms with Crippen LogP contribution in [0.25, 0.3) is 0 Å². The van der Waals surface area contributed by atoms with Crippen LogP contribution in [0.3, 0.4) is 0 Å². The van der Waals surface area contributed by atoms with E-state index >= 15 is 0 Å². The summed E-state index contributed by atoms with van der Waals surface area (Å²) in [6.07, 6.45) is 3.95. The first-order valence-electron chi connectivity index (χ1n) is 8.53. The van der Waals surface area contributed by atoms with Crippen molar-refractivity contribution < 1.29 is 9.59 Å². The van der Waals surface area contributed by atoms with Gasteiger partial charge in [0, 0.05) is 30.5 Å². The van der Waals surface area contributed by atoms with Gasteiger partial charge in [-0.1, -0.05) is 6.92 Å². The van der Waals surface area contributed by atoms with Crippen LogP contribution in [0.4, 0.5) is 11.6 Å². The predicted octanol–water partition coefficient (Wildman–Crippen LogP) is 3.17. The molecular formula is C19H22N4O2. The summed E-state index contributed by atoms with van der Waals surface area (Å²) >= 11 is 0. The third kappa shape index (κ3) is 4.21.